The molecule has 1 aliphatic heterocycles. The molecule has 6 nitrogen and oxygen atoms in total. The summed E-state index contributed by atoms with van der Waals surface area (Å²) in [6.07, 6.45) is 3.73. The van der Waals surface area contributed by atoms with Gasteiger partial charge in [-0.2, -0.15) is 0 Å². The molecule has 3 aliphatic carbocycles. The van der Waals surface area contributed by atoms with Crippen molar-refractivity contribution >= 4 is 23.4 Å². The van der Waals surface area contributed by atoms with Crippen LogP contribution in [0.3, 0.4) is 0 Å². The van der Waals surface area contributed by atoms with Crippen LogP contribution >= 0.6 is 0 Å². The van der Waals surface area contributed by atoms with E-state index in [9.17, 15) is 28.7 Å². The summed E-state index contributed by atoms with van der Waals surface area (Å²) in [6.45, 7) is 7.03. The number of aromatic hydroxyl groups is 1. The predicted molar refractivity (Wildman–Crippen MR) is 121 cm³/mol. The van der Waals surface area contributed by atoms with Gasteiger partial charge in [0.05, 0.1) is 11.8 Å². The second-order valence-corrected chi connectivity index (χ2v) is 10.6. The highest BCUT2D eigenvalue weighted by Gasteiger charge is 2.58. The van der Waals surface area contributed by atoms with Crippen molar-refractivity contribution in [3.63, 3.8) is 0 Å². The van der Waals surface area contributed by atoms with Crippen molar-refractivity contribution < 1.29 is 28.7 Å². The van der Waals surface area contributed by atoms with Crippen LogP contribution in [0.2, 0.25) is 0 Å². The SMILES string of the molecule is CC1=CC(=O)C2=C(C[C@@H]3C(=CC[C@@H]4C(=O)N(C(C)(C)C)C(=O)[C@@H]43)[C@@H]2c2ccc(O)c(F)c2)C1=O. The van der Waals surface area contributed by atoms with E-state index in [1.165, 1.54) is 29.2 Å². The van der Waals surface area contributed by atoms with Crippen LogP contribution in [-0.2, 0) is 19.2 Å². The third kappa shape index (κ3) is 3.06. The molecule has 2 amide bonds. The van der Waals surface area contributed by atoms with Gasteiger partial charge in [-0.05, 0) is 70.2 Å². The van der Waals surface area contributed by atoms with E-state index in [0.717, 1.165) is 5.57 Å². The monoisotopic (exact) mass is 463 g/mol. The van der Waals surface area contributed by atoms with E-state index in [0.29, 0.717) is 28.7 Å². The molecule has 0 radical (unpaired) electrons. The minimum atomic E-state index is -0.830. The molecule has 7 heteroatoms. The molecule has 0 saturated carbocycles. The maximum Gasteiger partial charge on any atom is 0.234 e. The molecule has 1 aromatic rings. The number of hydrogen-bond donors (Lipinski definition) is 1. The third-order valence-electron chi connectivity index (χ3n) is 7.54. The Balaban J connectivity index is 1.69. The number of fused-ring (bicyclic) bond motifs is 3. The van der Waals surface area contributed by atoms with E-state index in [1.54, 1.807) is 6.92 Å². The number of allylic oxidation sites excluding steroid dienone is 6. The van der Waals surface area contributed by atoms with Gasteiger partial charge < -0.3 is 5.11 Å². The lowest BCUT2D eigenvalue weighted by Gasteiger charge is -2.42. The van der Waals surface area contributed by atoms with Gasteiger partial charge >= 0.3 is 0 Å². The third-order valence-corrected chi connectivity index (χ3v) is 7.54. The molecule has 1 heterocycles. The lowest BCUT2D eigenvalue weighted by Crippen LogP contribution is -2.46. The lowest BCUT2D eigenvalue weighted by molar-refractivity contribution is -0.145. The number of benzene rings is 1. The zero-order chi connectivity index (χ0) is 24.7. The molecule has 0 spiro atoms. The fourth-order valence-electron chi connectivity index (χ4n) is 6.13. The summed E-state index contributed by atoms with van der Waals surface area (Å²) < 4.78 is 14.4. The average molecular weight is 464 g/mol. The summed E-state index contributed by atoms with van der Waals surface area (Å²) in [6, 6.07) is 3.93. The number of rotatable bonds is 1. The van der Waals surface area contributed by atoms with Gasteiger partial charge in [0.1, 0.15) is 0 Å². The molecule has 0 unspecified atom stereocenters. The van der Waals surface area contributed by atoms with E-state index in [2.05, 4.69) is 0 Å². The van der Waals surface area contributed by atoms with E-state index < -0.39 is 40.8 Å². The van der Waals surface area contributed by atoms with Crippen LogP contribution in [0.4, 0.5) is 4.39 Å². The Hall–Kier alpha value is -3.35. The number of carbonyl (C=O) groups is 4. The fraction of sp³-hybridized carbons (Fsp3) is 0.407. The summed E-state index contributed by atoms with van der Waals surface area (Å²) in [5.41, 5.74) is 1.46. The van der Waals surface area contributed by atoms with Crippen molar-refractivity contribution in [2.24, 2.45) is 17.8 Å². The number of amides is 2. The zero-order valence-electron chi connectivity index (χ0n) is 19.5. The van der Waals surface area contributed by atoms with Crippen LogP contribution in [0.5, 0.6) is 5.75 Å². The number of likely N-dealkylation sites (tertiary alicyclic amines) is 1. The number of hydrogen-bond acceptors (Lipinski definition) is 5. The first-order valence-electron chi connectivity index (χ1n) is 11.5. The highest BCUT2D eigenvalue weighted by molar-refractivity contribution is 6.23. The Kier molecular flexibility index (Phi) is 4.83. The predicted octanol–water partition coefficient (Wildman–Crippen LogP) is 3.76. The number of Topliss-reactive ketones (excluding diaryl/α,β-unsaturated/α-hetero) is 1. The van der Waals surface area contributed by atoms with Crippen LogP contribution in [0.1, 0.15) is 52.0 Å². The Morgan fingerprint density at radius 2 is 1.76 bits per heavy atom. The van der Waals surface area contributed by atoms with Gasteiger partial charge in [-0.1, -0.05) is 17.7 Å². The van der Waals surface area contributed by atoms with E-state index >= 15 is 0 Å². The molecule has 1 aromatic carbocycles. The van der Waals surface area contributed by atoms with Gasteiger partial charge in [0.25, 0.3) is 0 Å². The van der Waals surface area contributed by atoms with Gasteiger partial charge in [0.15, 0.2) is 23.1 Å². The van der Waals surface area contributed by atoms with Gasteiger partial charge in [-0.3, -0.25) is 24.1 Å². The first-order valence-corrected chi connectivity index (χ1v) is 11.5. The van der Waals surface area contributed by atoms with Crippen LogP contribution in [-0.4, -0.2) is 38.9 Å². The zero-order valence-corrected chi connectivity index (χ0v) is 19.5. The van der Waals surface area contributed by atoms with Gasteiger partial charge in [-0.15, -0.1) is 0 Å². The van der Waals surface area contributed by atoms with Crippen molar-refractivity contribution in [2.45, 2.75) is 52.0 Å². The number of carbonyl (C=O) groups excluding carboxylic acids is 4. The second-order valence-electron chi connectivity index (χ2n) is 10.6. The second kappa shape index (κ2) is 7.32. The molecule has 176 valence electrons. The molecule has 4 atom stereocenters. The van der Waals surface area contributed by atoms with Crippen LogP contribution in [0.25, 0.3) is 0 Å². The van der Waals surface area contributed by atoms with Crippen molar-refractivity contribution in [3.8, 4) is 5.75 Å². The number of phenolic OH excluding ortho intramolecular Hbond substituents is 1. The van der Waals surface area contributed by atoms with Crippen LogP contribution < -0.4 is 0 Å². The summed E-state index contributed by atoms with van der Waals surface area (Å²) in [5, 5.41) is 9.71. The topological polar surface area (TPSA) is 91.8 Å². The lowest BCUT2D eigenvalue weighted by atomic mass is 9.59. The molecule has 5 rings (SSSR count). The average Bonchev–Trinajstić information content (AvgIpc) is 3.03. The van der Waals surface area contributed by atoms with Crippen molar-refractivity contribution in [1.29, 1.82) is 0 Å². The molecule has 0 aromatic heterocycles. The van der Waals surface area contributed by atoms with Gasteiger partial charge in [0.2, 0.25) is 11.8 Å². The Bertz CT molecular complexity index is 1280. The molecular formula is C27H26FNO5. The van der Waals surface area contributed by atoms with E-state index in [1.807, 2.05) is 26.8 Å². The highest BCUT2D eigenvalue weighted by Crippen LogP contribution is 2.55. The Morgan fingerprint density at radius 1 is 1.06 bits per heavy atom. The first kappa shape index (κ1) is 22.4. The Morgan fingerprint density at radius 3 is 2.41 bits per heavy atom. The minimum absolute atomic E-state index is 0.187. The number of ketones is 2. The van der Waals surface area contributed by atoms with Crippen LogP contribution in [0.15, 0.2) is 52.6 Å². The quantitative estimate of drug-likeness (QED) is 0.389. The molecule has 4 aliphatic rings. The molecule has 0 bridgehead atoms. The number of imide groups is 1. The van der Waals surface area contributed by atoms with Crippen molar-refractivity contribution in [1.82, 2.24) is 4.90 Å². The van der Waals surface area contributed by atoms with Crippen LogP contribution in [0, 0.1) is 23.6 Å². The number of phenols is 1. The summed E-state index contributed by atoms with van der Waals surface area (Å²) in [7, 11) is 0. The van der Waals surface area contributed by atoms with E-state index in [-0.39, 0.29) is 29.8 Å². The smallest absolute Gasteiger partial charge is 0.234 e. The van der Waals surface area contributed by atoms with E-state index in [4.69, 9.17) is 0 Å². The summed E-state index contributed by atoms with van der Waals surface area (Å²) in [5.74, 6) is -4.73. The number of nitrogens with zero attached hydrogens (tertiary/aromatic N) is 1. The molecule has 1 fully saturated rings. The van der Waals surface area contributed by atoms with Gasteiger partial charge in [-0.25, -0.2) is 4.39 Å². The maximum absolute atomic E-state index is 14.4. The maximum atomic E-state index is 14.4. The normalized spacial score (nSPS) is 29.0. The minimum Gasteiger partial charge on any atom is -0.505 e. The summed E-state index contributed by atoms with van der Waals surface area (Å²) >= 11 is 0. The molecule has 1 saturated heterocycles. The fourth-order valence-corrected chi connectivity index (χ4v) is 6.13. The van der Waals surface area contributed by atoms with Crippen molar-refractivity contribution in [2.75, 3.05) is 0 Å². The first-order chi connectivity index (χ1) is 15.9. The molecule has 1 N–H and O–H groups in total. The molecular weight excluding hydrogens is 437 g/mol. The Labute approximate surface area is 196 Å². The molecule has 34 heavy (non-hydrogen) atoms. The van der Waals surface area contributed by atoms with Gasteiger partial charge in [0, 0.05) is 28.2 Å². The standard InChI is InChI=1S/C27H26FNO5/c1-12-9-20(31)23-17(24(12)32)11-16-14(21(23)13-5-8-19(30)18(28)10-13)6-7-15-22(16)26(34)29(25(15)33)27(2,3)4/h5-6,8-10,15-16,21-22,30H,7,11H2,1-4H3/t15-,16+,21-,22-/m0/s1. The van der Waals surface area contributed by atoms with Crippen molar-refractivity contribution in [3.05, 3.63) is 64.0 Å². The number of halogens is 1. The largest absolute Gasteiger partial charge is 0.505 e. The summed E-state index contributed by atoms with van der Waals surface area (Å²) in [4.78, 5) is 54.4. The highest BCUT2D eigenvalue weighted by atomic mass is 19.1.